The molecule has 0 unspecified atom stereocenters. The molecule has 3 heterocycles. The van der Waals surface area contributed by atoms with Crippen LogP contribution in [0.5, 0.6) is 0 Å². The average molecular weight is 382 g/mol. The fourth-order valence-electron chi connectivity index (χ4n) is 3.54. The molecule has 0 spiro atoms. The lowest BCUT2D eigenvalue weighted by atomic mass is 9.97. The number of hydrogen-bond acceptors (Lipinski definition) is 6. The lowest BCUT2D eigenvalue weighted by Gasteiger charge is -2.29. The molecule has 2 aliphatic heterocycles. The van der Waals surface area contributed by atoms with E-state index in [0.717, 1.165) is 43.3 Å². The smallest absolute Gasteiger partial charge is 0.225 e. The molecule has 1 aromatic heterocycles. The second kappa shape index (κ2) is 7.87. The number of aryl methyl sites for hydroxylation is 1. The number of carbonyl (C=O) groups is 1. The largest absolute Gasteiger partial charge is 0.350 e. The van der Waals surface area contributed by atoms with Crippen LogP contribution in [0.15, 0.2) is 6.07 Å². The molecule has 0 bridgehead atoms. The molecule has 0 atom stereocenters. The number of hydrogen-bond donors (Lipinski definition) is 1. The second-order valence-electron chi connectivity index (χ2n) is 7.15. The number of anilines is 1. The summed E-state index contributed by atoms with van der Waals surface area (Å²) in [4.78, 5) is 23.7. The zero-order valence-corrected chi connectivity index (χ0v) is 16.3. The van der Waals surface area contributed by atoms with Gasteiger partial charge in [0.25, 0.3) is 0 Å². The number of amides is 1. The van der Waals surface area contributed by atoms with Gasteiger partial charge in [-0.15, -0.1) is 0 Å². The highest BCUT2D eigenvalue weighted by Crippen LogP contribution is 2.20. The summed E-state index contributed by atoms with van der Waals surface area (Å²) in [5.74, 6) is 0.569. The van der Waals surface area contributed by atoms with E-state index in [4.69, 9.17) is 0 Å². The van der Waals surface area contributed by atoms with Gasteiger partial charge in [0.15, 0.2) is 0 Å². The van der Waals surface area contributed by atoms with Crippen molar-refractivity contribution in [2.24, 2.45) is 5.92 Å². The first-order valence-corrected chi connectivity index (χ1v) is 11.0. The maximum Gasteiger partial charge on any atom is 0.225 e. The minimum absolute atomic E-state index is 0.0304. The fourth-order valence-corrected chi connectivity index (χ4v) is 4.41. The summed E-state index contributed by atoms with van der Waals surface area (Å²) >= 11 is 0. The second-order valence-corrected chi connectivity index (χ2v) is 9.13. The maximum atomic E-state index is 12.4. The summed E-state index contributed by atoms with van der Waals surface area (Å²) in [6.07, 6.45) is 4.65. The summed E-state index contributed by atoms with van der Waals surface area (Å²) in [5.41, 5.74) is 1.70. The number of nitrogens with zero attached hydrogens (tertiary/aromatic N) is 4. The molecule has 0 radical (unpaired) electrons. The first-order valence-electron chi connectivity index (χ1n) is 9.15. The van der Waals surface area contributed by atoms with Gasteiger partial charge in [-0.3, -0.25) is 4.79 Å². The Hall–Kier alpha value is -1.74. The summed E-state index contributed by atoms with van der Waals surface area (Å²) in [7, 11) is -3.17. The molecule has 0 aliphatic carbocycles. The third kappa shape index (κ3) is 4.70. The van der Waals surface area contributed by atoms with E-state index in [9.17, 15) is 13.2 Å². The van der Waals surface area contributed by atoms with E-state index in [2.05, 4.69) is 20.2 Å². The van der Waals surface area contributed by atoms with Gasteiger partial charge >= 0.3 is 0 Å². The van der Waals surface area contributed by atoms with E-state index in [-0.39, 0.29) is 11.8 Å². The Bertz CT molecular complexity index is 754. The van der Waals surface area contributed by atoms with Crippen LogP contribution in [0.4, 0.5) is 5.95 Å². The van der Waals surface area contributed by atoms with Crippen LogP contribution in [-0.2, 0) is 21.4 Å². The topological polar surface area (TPSA) is 95.5 Å². The fraction of sp³-hybridized carbons (Fsp3) is 0.706. The normalized spacial score (nSPS) is 19.7. The van der Waals surface area contributed by atoms with Crippen LogP contribution >= 0.6 is 0 Å². The van der Waals surface area contributed by atoms with Crippen molar-refractivity contribution in [3.63, 3.8) is 0 Å². The standard InChI is InChI=1S/C17H27N5O3S/c1-13-11-15(20-17(19-13)21-7-3-4-8-21)12-18-16(23)14-5-9-22(10-6-14)26(2,24)25/h11,14H,3-10,12H2,1-2H3,(H,18,23). The summed E-state index contributed by atoms with van der Waals surface area (Å²) in [5, 5.41) is 2.95. The van der Waals surface area contributed by atoms with Gasteiger partial charge in [0.2, 0.25) is 21.9 Å². The van der Waals surface area contributed by atoms with Crippen LogP contribution in [0.3, 0.4) is 0 Å². The molecule has 0 saturated carbocycles. The Morgan fingerprint density at radius 3 is 2.46 bits per heavy atom. The molecule has 1 N–H and O–H groups in total. The molecule has 2 fully saturated rings. The average Bonchev–Trinajstić information content (AvgIpc) is 3.13. The first kappa shape index (κ1) is 19.0. The van der Waals surface area contributed by atoms with E-state index < -0.39 is 10.0 Å². The summed E-state index contributed by atoms with van der Waals surface area (Å²) < 4.78 is 24.5. The predicted molar refractivity (Wildman–Crippen MR) is 99.2 cm³/mol. The number of carbonyl (C=O) groups excluding carboxylic acids is 1. The Labute approximate surface area is 155 Å². The van der Waals surface area contributed by atoms with E-state index in [1.807, 2.05) is 13.0 Å². The predicted octanol–water partition coefficient (Wildman–Crippen LogP) is 0.673. The monoisotopic (exact) mass is 381 g/mol. The van der Waals surface area contributed by atoms with E-state index in [0.29, 0.717) is 32.5 Å². The lowest BCUT2D eigenvalue weighted by molar-refractivity contribution is -0.126. The van der Waals surface area contributed by atoms with Crippen molar-refractivity contribution in [1.82, 2.24) is 19.6 Å². The molecule has 144 valence electrons. The third-order valence-corrected chi connectivity index (χ3v) is 6.33. The van der Waals surface area contributed by atoms with Crippen molar-refractivity contribution in [3.8, 4) is 0 Å². The van der Waals surface area contributed by atoms with Gasteiger partial charge in [0.05, 0.1) is 18.5 Å². The molecule has 26 heavy (non-hydrogen) atoms. The molecule has 3 rings (SSSR count). The Balaban J connectivity index is 1.55. The minimum Gasteiger partial charge on any atom is -0.350 e. The highest BCUT2D eigenvalue weighted by molar-refractivity contribution is 7.88. The number of rotatable bonds is 5. The van der Waals surface area contributed by atoms with Crippen LogP contribution in [0, 0.1) is 12.8 Å². The maximum absolute atomic E-state index is 12.4. The van der Waals surface area contributed by atoms with Crippen molar-refractivity contribution >= 4 is 21.9 Å². The van der Waals surface area contributed by atoms with Crippen LogP contribution in [-0.4, -0.2) is 61.0 Å². The summed E-state index contributed by atoms with van der Waals surface area (Å²) in [6.45, 7) is 5.08. The highest BCUT2D eigenvalue weighted by atomic mass is 32.2. The Morgan fingerprint density at radius 1 is 1.19 bits per heavy atom. The molecule has 2 aliphatic rings. The molecule has 0 aromatic carbocycles. The van der Waals surface area contributed by atoms with Gasteiger partial charge in [0, 0.05) is 37.8 Å². The van der Waals surface area contributed by atoms with Crippen LogP contribution in [0.1, 0.15) is 37.1 Å². The molecule has 1 amide bonds. The zero-order chi connectivity index (χ0) is 18.7. The molecular formula is C17H27N5O3S. The third-order valence-electron chi connectivity index (χ3n) is 5.02. The molecular weight excluding hydrogens is 354 g/mol. The summed E-state index contributed by atoms with van der Waals surface area (Å²) in [6, 6.07) is 1.89. The van der Waals surface area contributed by atoms with E-state index in [1.54, 1.807) is 0 Å². The lowest BCUT2D eigenvalue weighted by Crippen LogP contribution is -2.42. The molecule has 8 nitrogen and oxygen atoms in total. The van der Waals surface area contributed by atoms with Crippen LogP contribution in [0.25, 0.3) is 0 Å². The number of piperidine rings is 1. The van der Waals surface area contributed by atoms with Gasteiger partial charge in [-0.1, -0.05) is 0 Å². The van der Waals surface area contributed by atoms with Gasteiger partial charge < -0.3 is 10.2 Å². The first-order chi connectivity index (χ1) is 12.3. The van der Waals surface area contributed by atoms with Crippen molar-refractivity contribution in [1.29, 1.82) is 0 Å². The Morgan fingerprint density at radius 2 is 1.85 bits per heavy atom. The molecule has 2 saturated heterocycles. The van der Waals surface area contributed by atoms with Gasteiger partial charge in [-0.25, -0.2) is 22.7 Å². The van der Waals surface area contributed by atoms with Crippen LogP contribution < -0.4 is 10.2 Å². The van der Waals surface area contributed by atoms with E-state index >= 15 is 0 Å². The van der Waals surface area contributed by atoms with Crippen molar-refractivity contribution < 1.29 is 13.2 Å². The van der Waals surface area contributed by atoms with Gasteiger partial charge in [-0.05, 0) is 38.7 Å². The van der Waals surface area contributed by atoms with Crippen LogP contribution in [0.2, 0.25) is 0 Å². The minimum atomic E-state index is -3.17. The van der Waals surface area contributed by atoms with Gasteiger partial charge in [0.1, 0.15) is 0 Å². The van der Waals surface area contributed by atoms with Gasteiger partial charge in [-0.2, -0.15) is 0 Å². The Kier molecular flexibility index (Phi) is 5.76. The van der Waals surface area contributed by atoms with Crippen molar-refractivity contribution in [3.05, 3.63) is 17.5 Å². The number of aromatic nitrogens is 2. The van der Waals surface area contributed by atoms with Crippen molar-refractivity contribution in [2.45, 2.75) is 39.2 Å². The number of nitrogens with one attached hydrogen (secondary N) is 1. The molecule has 9 heteroatoms. The molecule has 1 aromatic rings. The zero-order valence-electron chi connectivity index (χ0n) is 15.4. The highest BCUT2D eigenvalue weighted by Gasteiger charge is 2.28. The van der Waals surface area contributed by atoms with E-state index in [1.165, 1.54) is 10.6 Å². The number of sulfonamides is 1. The quantitative estimate of drug-likeness (QED) is 0.806. The SMILES string of the molecule is Cc1cc(CNC(=O)C2CCN(S(C)(=O)=O)CC2)nc(N2CCCC2)n1. The van der Waals surface area contributed by atoms with Crippen molar-refractivity contribution in [2.75, 3.05) is 37.3 Å².